The topological polar surface area (TPSA) is 88.0 Å². The van der Waals surface area contributed by atoms with Gasteiger partial charge < -0.3 is 15.4 Å². The molecule has 0 aliphatic heterocycles. The summed E-state index contributed by atoms with van der Waals surface area (Å²) in [5.74, 6) is 1.75. The molecule has 78 valence electrons. The minimum absolute atomic E-state index is 0.152. The standard InChI is InChI=1S/C9H9N3O3/c1-2-3-6-10-9(13)7-4-5-8(11-7)12(14)15/h1,4-5,11H,3,6H2,(H,10,13). The molecule has 0 saturated carbocycles. The molecule has 1 heterocycles. The maximum absolute atomic E-state index is 11.3. The van der Waals surface area contributed by atoms with Crippen molar-refractivity contribution in [2.75, 3.05) is 6.54 Å². The third kappa shape index (κ3) is 2.84. The smallest absolute Gasteiger partial charge is 0.321 e. The normalized spacial score (nSPS) is 9.27. The van der Waals surface area contributed by atoms with Gasteiger partial charge in [0.2, 0.25) is 0 Å². The number of nitrogens with one attached hydrogen (secondary N) is 2. The van der Waals surface area contributed by atoms with Gasteiger partial charge in [-0.3, -0.25) is 4.79 Å². The molecule has 0 atom stereocenters. The molecule has 2 N–H and O–H groups in total. The van der Waals surface area contributed by atoms with Crippen LogP contribution in [0.5, 0.6) is 0 Å². The summed E-state index contributed by atoms with van der Waals surface area (Å²) in [7, 11) is 0. The van der Waals surface area contributed by atoms with Crippen molar-refractivity contribution in [1.29, 1.82) is 0 Å². The molecule has 15 heavy (non-hydrogen) atoms. The number of H-pyrrole nitrogens is 1. The minimum Gasteiger partial charge on any atom is -0.358 e. The molecular formula is C9H9N3O3. The number of aromatic nitrogens is 1. The van der Waals surface area contributed by atoms with Crippen LogP contribution in [0.1, 0.15) is 16.9 Å². The number of rotatable bonds is 4. The van der Waals surface area contributed by atoms with Crippen LogP contribution in [-0.2, 0) is 0 Å². The minimum atomic E-state index is -0.599. The van der Waals surface area contributed by atoms with Crippen LogP contribution in [0, 0.1) is 22.5 Å². The van der Waals surface area contributed by atoms with Gasteiger partial charge in [-0.25, -0.2) is 4.98 Å². The molecule has 0 aliphatic rings. The quantitative estimate of drug-likeness (QED) is 0.329. The lowest BCUT2D eigenvalue weighted by Crippen LogP contribution is -2.24. The number of carbonyl (C=O) groups is 1. The second-order valence-electron chi connectivity index (χ2n) is 2.72. The van der Waals surface area contributed by atoms with Crippen molar-refractivity contribution in [3.63, 3.8) is 0 Å². The second-order valence-corrected chi connectivity index (χ2v) is 2.72. The summed E-state index contributed by atoms with van der Waals surface area (Å²) in [5.41, 5.74) is 0.152. The van der Waals surface area contributed by atoms with Crippen LogP contribution >= 0.6 is 0 Å². The van der Waals surface area contributed by atoms with Crippen LogP contribution in [-0.4, -0.2) is 22.4 Å². The van der Waals surface area contributed by atoms with E-state index in [1.807, 2.05) is 0 Å². The number of hydrogen-bond donors (Lipinski definition) is 2. The van der Waals surface area contributed by atoms with Gasteiger partial charge in [-0.15, -0.1) is 12.3 Å². The molecular weight excluding hydrogens is 198 g/mol. The van der Waals surface area contributed by atoms with Crippen LogP contribution in [0.15, 0.2) is 12.1 Å². The lowest BCUT2D eigenvalue weighted by molar-refractivity contribution is -0.389. The highest BCUT2D eigenvalue weighted by molar-refractivity contribution is 5.92. The van der Waals surface area contributed by atoms with Gasteiger partial charge in [0.1, 0.15) is 0 Å². The predicted molar refractivity (Wildman–Crippen MR) is 53.2 cm³/mol. The van der Waals surface area contributed by atoms with E-state index in [4.69, 9.17) is 6.42 Å². The first kappa shape index (κ1) is 10.8. The highest BCUT2D eigenvalue weighted by Crippen LogP contribution is 2.09. The van der Waals surface area contributed by atoms with E-state index in [-0.39, 0.29) is 11.5 Å². The molecule has 1 aromatic heterocycles. The van der Waals surface area contributed by atoms with Crippen molar-refractivity contribution < 1.29 is 9.72 Å². The van der Waals surface area contributed by atoms with Crippen LogP contribution in [0.4, 0.5) is 5.82 Å². The van der Waals surface area contributed by atoms with E-state index in [0.29, 0.717) is 13.0 Å². The Morgan fingerprint density at radius 1 is 1.67 bits per heavy atom. The maximum atomic E-state index is 11.3. The molecule has 0 bridgehead atoms. The molecule has 1 aromatic rings. The van der Waals surface area contributed by atoms with E-state index in [0.717, 1.165) is 0 Å². The van der Waals surface area contributed by atoms with Crippen molar-refractivity contribution in [1.82, 2.24) is 10.3 Å². The Kier molecular flexibility index (Phi) is 3.46. The van der Waals surface area contributed by atoms with Crippen molar-refractivity contribution in [2.45, 2.75) is 6.42 Å². The maximum Gasteiger partial charge on any atom is 0.321 e. The number of nitro groups is 1. The Balaban J connectivity index is 2.59. The SMILES string of the molecule is C#CCCNC(=O)c1ccc([N+](=O)[O-])[nH]1. The molecule has 0 aliphatic carbocycles. The van der Waals surface area contributed by atoms with Gasteiger partial charge >= 0.3 is 5.82 Å². The van der Waals surface area contributed by atoms with Crippen molar-refractivity contribution >= 4 is 11.7 Å². The summed E-state index contributed by atoms with van der Waals surface area (Å²) < 4.78 is 0. The van der Waals surface area contributed by atoms with Crippen molar-refractivity contribution in [3.8, 4) is 12.3 Å². The number of aromatic amines is 1. The first-order valence-corrected chi connectivity index (χ1v) is 4.20. The summed E-state index contributed by atoms with van der Waals surface area (Å²) in [6, 6.07) is 2.58. The highest BCUT2D eigenvalue weighted by Gasteiger charge is 2.14. The molecule has 0 spiro atoms. The molecule has 0 aromatic carbocycles. The average molecular weight is 207 g/mol. The molecule has 1 amide bonds. The zero-order chi connectivity index (χ0) is 11.3. The van der Waals surface area contributed by atoms with Gasteiger partial charge in [-0.1, -0.05) is 0 Å². The fraction of sp³-hybridized carbons (Fsp3) is 0.222. The first-order valence-electron chi connectivity index (χ1n) is 4.20. The largest absolute Gasteiger partial charge is 0.358 e. The lowest BCUT2D eigenvalue weighted by Gasteiger charge is -1.97. The first-order chi connectivity index (χ1) is 7.15. The number of carbonyl (C=O) groups excluding carboxylic acids is 1. The van der Waals surface area contributed by atoms with E-state index < -0.39 is 10.8 Å². The molecule has 0 unspecified atom stereocenters. The number of hydrogen-bond acceptors (Lipinski definition) is 3. The van der Waals surface area contributed by atoms with Gasteiger partial charge in [-0.2, -0.15) is 0 Å². The van der Waals surface area contributed by atoms with Gasteiger partial charge in [0, 0.05) is 19.0 Å². The fourth-order valence-corrected chi connectivity index (χ4v) is 0.966. The van der Waals surface area contributed by atoms with Gasteiger partial charge in [0.05, 0.1) is 0 Å². The van der Waals surface area contributed by atoms with E-state index in [2.05, 4.69) is 16.2 Å². The molecule has 6 nitrogen and oxygen atoms in total. The Bertz CT molecular complexity index is 416. The highest BCUT2D eigenvalue weighted by atomic mass is 16.6. The van der Waals surface area contributed by atoms with Crippen molar-refractivity contribution in [2.24, 2.45) is 0 Å². The zero-order valence-corrected chi connectivity index (χ0v) is 7.82. The monoisotopic (exact) mass is 207 g/mol. The summed E-state index contributed by atoms with van der Waals surface area (Å²) in [5, 5.41) is 12.8. The predicted octanol–water partition coefficient (Wildman–Crippen LogP) is 0.676. The third-order valence-electron chi connectivity index (χ3n) is 1.67. The zero-order valence-electron chi connectivity index (χ0n) is 7.82. The van der Waals surface area contributed by atoms with Gasteiger partial charge in [-0.05, 0) is 11.0 Å². The molecule has 6 heteroatoms. The summed E-state index contributed by atoms with van der Waals surface area (Å²) >= 11 is 0. The Morgan fingerprint density at radius 2 is 2.40 bits per heavy atom. The summed E-state index contributed by atoms with van der Waals surface area (Å²) in [4.78, 5) is 23.4. The molecule has 0 fully saturated rings. The number of terminal acetylenes is 1. The number of amides is 1. The second kappa shape index (κ2) is 4.81. The van der Waals surface area contributed by atoms with Gasteiger partial charge in [0.25, 0.3) is 5.91 Å². The Hall–Kier alpha value is -2.29. The summed E-state index contributed by atoms with van der Waals surface area (Å²) in [6.07, 6.45) is 5.42. The Labute approximate surface area is 85.8 Å². The fourth-order valence-electron chi connectivity index (χ4n) is 0.966. The van der Waals surface area contributed by atoms with E-state index in [1.54, 1.807) is 0 Å². The van der Waals surface area contributed by atoms with Crippen molar-refractivity contribution in [3.05, 3.63) is 27.9 Å². The van der Waals surface area contributed by atoms with E-state index in [1.165, 1.54) is 12.1 Å². The molecule has 0 radical (unpaired) electrons. The number of nitrogens with zero attached hydrogens (tertiary/aromatic N) is 1. The average Bonchev–Trinajstić information content (AvgIpc) is 2.66. The van der Waals surface area contributed by atoms with Crippen LogP contribution < -0.4 is 5.32 Å². The summed E-state index contributed by atoms with van der Waals surface area (Å²) in [6.45, 7) is 0.349. The van der Waals surface area contributed by atoms with Gasteiger partial charge in [0.15, 0.2) is 5.69 Å². The van der Waals surface area contributed by atoms with Crippen LogP contribution in [0.2, 0.25) is 0 Å². The van der Waals surface area contributed by atoms with E-state index >= 15 is 0 Å². The van der Waals surface area contributed by atoms with E-state index in [9.17, 15) is 14.9 Å². The lowest BCUT2D eigenvalue weighted by atomic mass is 10.4. The molecule has 0 saturated heterocycles. The Morgan fingerprint density at radius 3 is 2.93 bits per heavy atom. The third-order valence-corrected chi connectivity index (χ3v) is 1.67. The van der Waals surface area contributed by atoms with Crippen LogP contribution in [0.25, 0.3) is 0 Å². The molecule has 1 rings (SSSR count). The van der Waals surface area contributed by atoms with Crippen LogP contribution in [0.3, 0.4) is 0 Å².